The number of likely N-dealkylation sites (tertiary alicyclic amines) is 1. The van der Waals surface area contributed by atoms with E-state index in [1.54, 1.807) is 0 Å². The molecule has 0 bridgehead atoms. The third kappa shape index (κ3) is 5.44. The topological polar surface area (TPSA) is 44.8 Å². The molecule has 0 radical (unpaired) electrons. The molecule has 3 aliphatic rings. The van der Waals surface area contributed by atoms with Crippen LogP contribution in [0.15, 0.2) is 0 Å². The van der Waals surface area contributed by atoms with Crippen LogP contribution in [0.4, 0.5) is 0 Å². The number of hydrogen-bond donors (Lipinski definition) is 1. The number of amides is 1. The first-order valence-corrected chi connectivity index (χ1v) is 9.72. The maximum atomic E-state index is 12.2. The maximum Gasteiger partial charge on any atom is 0.221 e. The zero-order valence-corrected chi connectivity index (χ0v) is 14.5. The molecule has 3 fully saturated rings. The molecule has 2 saturated heterocycles. The number of hydrogen-bond acceptors (Lipinski definition) is 4. The highest BCUT2D eigenvalue weighted by atomic mass is 16.7. The first kappa shape index (κ1) is 17.2. The smallest absolute Gasteiger partial charge is 0.221 e. The fraction of sp³-hybridized carbons (Fsp3) is 0.944. The summed E-state index contributed by atoms with van der Waals surface area (Å²) in [5, 5.41) is 5.19. The van der Waals surface area contributed by atoms with Crippen LogP contribution in [0.5, 0.6) is 0 Å². The van der Waals surface area contributed by atoms with Crippen LogP contribution in [0.25, 0.3) is 0 Å². The van der Waals surface area contributed by atoms with Crippen LogP contribution in [-0.4, -0.2) is 60.7 Å². The van der Waals surface area contributed by atoms with Gasteiger partial charge >= 0.3 is 0 Å². The van der Waals surface area contributed by atoms with Crippen molar-refractivity contribution in [1.29, 1.82) is 0 Å². The molecule has 1 N–H and O–H groups in total. The van der Waals surface area contributed by atoms with E-state index in [-0.39, 0.29) is 5.91 Å². The Morgan fingerprint density at radius 1 is 1.00 bits per heavy atom. The van der Waals surface area contributed by atoms with Crippen LogP contribution in [0, 0.1) is 0 Å². The zero-order valence-electron chi connectivity index (χ0n) is 14.5. The highest BCUT2D eigenvalue weighted by Crippen LogP contribution is 2.24. The molecule has 1 amide bonds. The van der Waals surface area contributed by atoms with Crippen molar-refractivity contribution in [3.8, 4) is 0 Å². The van der Waals surface area contributed by atoms with E-state index in [1.807, 2.05) is 5.06 Å². The van der Waals surface area contributed by atoms with E-state index < -0.39 is 0 Å². The van der Waals surface area contributed by atoms with Crippen LogP contribution in [0.3, 0.4) is 0 Å². The Morgan fingerprint density at radius 3 is 2.57 bits per heavy atom. The van der Waals surface area contributed by atoms with E-state index in [9.17, 15) is 4.79 Å². The van der Waals surface area contributed by atoms with Crippen LogP contribution in [0.1, 0.15) is 64.2 Å². The average Bonchev–Trinajstić information content (AvgIpc) is 2.93. The van der Waals surface area contributed by atoms with Gasteiger partial charge in [0.25, 0.3) is 0 Å². The largest absolute Gasteiger partial charge is 0.352 e. The number of nitrogens with one attached hydrogen (secondary N) is 1. The molecule has 1 atom stereocenters. The minimum Gasteiger partial charge on any atom is -0.352 e. The number of carbonyl (C=O) groups is 1. The molecule has 5 nitrogen and oxygen atoms in total. The average molecular weight is 323 g/mol. The second kappa shape index (κ2) is 9.00. The van der Waals surface area contributed by atoms with Crippen molar-refractivity contribution < 1.29 is 9.63 Å². The van der Waals surface area contributed by atoms with Gasteiger partial charge in [0, 0.05) is 38.1 Å². The van der Waals surface area contributed by atoms with Gasteiger partial charge in [-0.2, -0.15) is 5.06 Å². The quantitative estimate of drug-likeness (QED) is 0.789. The minimum atomic E-state index is 0.188. The molecular formula is C18H33N3O2. The van der Waals surface area contributed by atoms with Crippen molar-refractivity contribution in [2.45, 2.75) is 76.3 Å². The Kier molecular flexibility index (Phi) is 6.72. The van der Waals surface area contributed by atoms with Crippen LogP contribution in [-0.2, 0) is 9.63 Å². The molecular weight excluding hydrogens is 290 g/mol. The molecule has 2 aliphatic heterocycles. The summed E-state index contributed by atoms with van der Waals surface area (Å²) in [6, 6.07) is 1.11. The summed E-state index contributed by atoms with van der Waals surface area (Å²) in [4.78, 5) is 20.3. The van der Waals surface area contributed by atoms with Crippen molar-refractivity contribution in [1.82, 2.24) is 15.3 Å². The van der Waals surface area contributed by atoms with Crippen LogP contribution < -0.4 is 5.32 Å². The van der Waals surface area contributed by atoms with Gasteiger partial charge in [-0.15, -0.1) is 0 Å². The van der Waals surface area contributed by atoms with E-state index in [0.29, 0.717) is 12.5 Å². The van der Waals surface area contributed by atoms with Crippen molar-refractivity contribution in [3.63, 3.8) is 0 Å². The highest BCUT2D eigenvalue weighted by molar-refractivity contribution is 5.76. The molecule has 23 heavy (non-hydrogen) atoms. The van der Waals surface area contributed by atoms with Crippen LogP contribution >= 0.6 is 0 Å². The second-order valence-corrected chi connectivity index (χ2v) is 7.41. The van der Waals surface area contributed by atoms with E-state index in [1.165, 1.54) is 51.5 Å². The predicted octanol–water partition coefficient (Wildman–Crippen LogP) is 2.32. The number of piperidine rings is 1. The third-order valence-corrected chi connectivity index (χ3v) is 5.57. The van der Waals surface area contributed by atoms with E-state index in [4.69, 9.17) is 4.84 Å². The first-order chi connectivity index (χ1) is 11.3. The maximum absolute atomic E-state index is 12.2. The third-order valence-electron chi connectivity index (χ3n) is 5.57. The Hall–Kier alpha value is -0.650. The van der Waals surface area contributed by atoms with Gasteiger partial charge in [0.2, 0.25) is 5.91 Å². The van der Waals surface area contributed by atoms with Gasteiger partial charge in [-0.05, 0) is 38.6 Å². The summed E-state index contributed by atoms with van der Waals surface area (Å²) in [5.41, 5.74) is 0. The lowest BCUT2D eigenvalue weighted by Crippen LogP contribution is -2.51. The number of hydroxylamine groups is 2. The van der Waals surface area contributed by atoms with Gasteiger partial charge in [0.05, 0.1) is 6.61 Å². The SMILES string of the molecule is O=C(CCN1CCCO1)N[C@H]1CCCN(C2CCCCCC2)C1. The molecule has 0 aromatic carbocycles. The first-order valence-electron chi connectivity index (χ1n) is 9.72. The zero-order chi connectivity index (χ0) is 15.9. The lowest BCUT2D eigenvalue weighted by molar-refractivity contribution is -0.131. The molecule has 0 unspecified atom stereocenters. The Bertz CT molecular complexity index is 363. The van der Waals surface area contributed by atoms with Crippen molar-refractivity contribution >= 4 is 5.91 Å². The molecule has 0 aromatic rings. The minimum absolute atomic E-state index is 0.188. The molecule has 1 aliphatic carbocycles. The lowest BCUT2D eigenvalue weighted by atomic mass is 10.00. The summed E-state index contributed by atoms with van der Waals surface area (Å²) in [5.74, 6) is 0.188. The molecule has 0 aromatic heterocycles. The molecule has 1 saturated carbocycles. The van der Waals surface area contributed by atoms with E-state index >= 15 is 0 Å². The Labute approximate surface area is 140 Å². The number of nitrogens with zero attached hydrogens (tertiary/aromatic N) is 2. The van der Waals surface area contributed by atoms with Crippen LogP contribution in [0.2, 0.25) is 0 Å². The predicted molar refractivity (Wildman–Crippen MR) is 91.0 cm³/mol. The number of carbonyl (C=O) groups excluding carboxylic acids is 1. The lowest BCUT2D eigenvalue weighted by Gasteiger charge is -2.38. The normalized spacial score (nSPS) is 28.6. The van der Waals surface area contributed by atoms with Gasteiger partial charge in [-0.1, -0.05) is 25.7 Å². The monoisotopic (exact) mass is 323 g/mol. The van der Waals surface area contributed by atoms with Gasteiger partial charge in [0.1, 0.15) is 0 Å². The van der Waals surface area contributed by atoms with Gasteiger partial charge in [-0.3, -0.25) is 14.5 Å². The standard InChI is InChI=1S/C18H33N3O2/c22-18(10-13-21-12-6-14-23-21)19-16-7-5-11-20(15-16)17-8-3-1-2-4-9-17/h16-17H,1-15H2,(H,19,22)/t16-/m0/s1. The van der Waals surface area contributed by atoms with Gasteiger partial charge < -0.3 is 5.32 Å². The summed E-state index contributed by atoms with van der Waals surface area (Å²) in [6.07, 6.45) is 12.3. The summed E-state index contributed by atoms with van der Waals surface area (Å²) >= 11 is 0. The molecule has 132 valence electrons. The molecule has 5 heteroatoms. The molecule has 2 heterocycles. The molecule has 3 rings (SSSR count). The second-order valence-electron chi connectivity index (χ2n) is 7.41. The van der Waals surface area contributed by atoms with Crippen molar-refractivity contribution in [3.05, 3.63) is 0 Å². The van der Waals surface area contributed by atoms with E-state index in [2.05, 4.69) is 10.2 Å². The fourth-order valence-electron chi connectivity index (χ4n) is 4.28. The van der Waals surface area contributed by atoms with Crippen molar-refractivity contribution in [2.24, 2.45) is 0 Å². The van der Waals surface area contributed by atoms with E-state index in [0.717, 1.165) is 45.1 Å². The summed E-state index contributed by atoms with van der Waals surface area (Å²) < 4.78 is 0. The number of rotatable bonds is 5. The summed E-state index contributed by atoms with van der Waals surface area (Å²) in [6.45, 7) is 4.77. The highest BCUT2D eigenvalue weighted by Gasteiger charge is 2.27. The van der Waals surface area contributed by atoms with Crippen molar-refractivity contribution in [2.75, 3.05) is 32.8 Å². The Morgan fingerprint density at radius 2 is 1.83 bits per heavy atom. The van der Waals surface area contributed by atoms with Gasteiger partial charge in [0.15, 0.2) is 0 Å². The Balaban J connectivity index is 1.39. The molecule has 0 spiro atoms. The summed E-state index contributed by atoms with van der Waals surface area (Å²) in [7, 11) is 0. The fourth-order valence-corrected chi connectivity index (χ4v) is 4.28. The van der Waals surface area contributed by atoms with Gasteiger partial charge in [-0.25, -0.2) is 0 Å².